The molecule has 1 heterocycles. The Morgan fingerprint density at radius 3 is 2.58 bits per heavy atom. The molecule has 0 atom stereocenters. The average Bonchev–Trinajstić information content (AvgIpc) is 2.36. The Morgan fingerprint density at radius 2 is 2.00 bits per heavy atom. The van der Waals surface area contributed by atoms with E-state index in [1.165, 1.54) is 0 Å². The molecule has 1 fully saturated rings. The highest BCUT2D eigenvalue weighted by molar-refractivity contribution is 5.71. The summed E-state index contributed by atoms with van der Waals surface area (Å²) in [6.45, 7) is 6.55. The van der Waals surface area contributed by atoms with Gasteiger partial charge in [0.05, 0.1) is 26.3 Å². The van der Waals surface area contributed by atoms with Gasteiger partial charge in [-0.3, -0.25) is 19.8 Å². The van der Waals surface area contributed by atoms with Crippen molar-refractivity contribution in [3.63, 3.8) is 0 Å². The van der Waals surface area contributed by atoms with E-state index in [0.717, 1.165) is 13.1 Å². The molecule has 0 aromatic rings. The van der Waals surface area contributed by atoms with Crippen molar-refractivity contribution in [1.82, 2.24) is 10.2 Å². The molecule has 0 spiro atoms. The fourth-order valence-corrected chi connectivity index (χ4v) is 1.61. The molecule has 110 valence electrons. The topological polar surface area (TPSA) is 88.1 Å². The number of carbonyl (C=O) groups excluding carboxylic acids is 1. The van der Waals surface area contributed by atoms with Gasteiger partial charge in [0, 0.05) is 18.6 Å². The Morgan fingerprint density at radius 1 is 1.37 bits per heavy atom. The zero-order valence-corrected chi connectivity index (χ0v) is 11.5. The van der Waals surface area contributed by atoms with Crippen LogP contribution in [-0.2, 0) is 19.1 Å². The van der Waals surface area contributed by atoms with Crippen LogP contribution in [0.3, 0.4) is 0 Å². The second-order valence-electron chi connectivity index (χ2n) is 5.18. The van der Waals surface area contributed by atoms with Gasteiger partial charge in [0.2, 0.25) is 0 Å². The zero-order valence-electron chi connectivity index (χ0n) is 11.5. The lowest BCUT2D eigenvalue weighted by Gasteiger charge is -2.28. The first kappa shape index (κ1) is 15.9. The van der Waals surface area contributed by atoms with Gasteiger partial charge in [-0.25, -0.2) is 0 Å². The van der Waals surface area contributed by atoms with Crippen molar-refractivity contribution in [3.8, 4) is 0 Å². The SMILES string of the molecule is CC(C)(COC(=O)CN1CCOCC1)NCC(=O)O. The summed E-state index contributed by atoms with van der Waals surface area (Å²) in [6, 6.07) is 0. The normalized spacial score (nSPS) is 17.2. The van der Waals surface area contributed by atoms with Crippen LogP contribution in [0.1, 0.15) is 13.8 Å². The molecule has 1 saturated heterocycles. The molecule has 1 rings (SSSR count). The summed E-state index contributed by atoms with van der Waals surface area (Å²) in [6.07, 6.45) is 0. The van der Waals surface area contributed by atoms with Crippen LogP contribution in [0.15, 0.2) is 0 Å². The second kappa shape index (κ2) is 7.42. The van der Waals surface area contributed by atoms with Crippen molar-refractivity contribution in [2.45, 2.75) is 19.4 Å². The summed E-state index contributed by atoms with van der Waals surface area (Å²) < 4.78 is 10.4. The molecule has 0 amide bonds. The Hall–Kier alpha value is -1.18. The fourth-order valence-electron chi connectivity index (χ4n) is 1.61. The number of carboxylic acid groups (broad SMARTS) is 1. The minimum Gasteiger partial charge on any atom is -0.480 e. The van der Waals surface area contributed by atoms with Crippen LogP contribution in [0.25, 0.3) is 0 Å². The number of nitrogens with one attached hydrogen (secondary N) is 1. The van der Waals surface area contributed by atoms with E-state index in [-0.39, 0.29) is 25.7 Å². The van der Waals surface area contributed by atoms with Crippen molar-refractivity contribution < 1.29 is 24.2 Å². The summed E-state index contributed by atoms with van der Waals surface area (Å²) in [5.41, 5.74) is -0.556. The van der Waals surface area contributed by atoms with Gasteiger partial charge in [0.1, 0.15) is 6.61 Å². The highest BCUT2D eigenvalue weighted by atomic mass is 16.5. The third-order valence-electron chi connectivity index (χ3n) is 2.77. The summed E-state index contributed by atoms with van der Waals surface area (Å²) in [4.78, 5) is 24.1. The van der Waals surface area contributed by atoms with Gasteiger partial charge < -0.3 is 14.6 Å². The number of nitrogens with zero attached hydrogens (tertiary/aromatic N) is 1. The van der Waals surface area contributed by atoms with Gasteiger partial charge in [-0.1, -0.05) is 0 Å². The number of morpholine rings is 1. The maximum absolute atomic E-state index is 11.6. The van der Waals surface area contributed by atoms with E-state index in [2.05, 4.69) is 5.32 Å². The molecule has 1 aliphatic rings. The molecule has 7 heteroatoms. The first-order chi connectivity index (χ1) is 8.89. The standard InChI is InChI=1S/C12H22N2O5/c1-12(2,13-7-10(15)16)9-19-11(17)8-14-3-5-18-6-4-14/h13H,3-9H2,1-2H3,(H,15,16). The predicted octanol–water partition coefficient (Wildman–Crippen LogP) is -0.685. The van der Waals surface area contributed by atoms with Gasteiger partial charge in [0.15, 0.2) is 0 Å². The van der Waals surface area contributed by atoms with Crippen LogP contribution in [0.2, 0.25) is 0 Å². The smallest absolute Gasteiger partial charge is 0.320 e. The molecule has 2 N–H and O–H groups in total. The fraction of sp³-hybridized carbons (Fsp3) is 0.833. The Balaban J connectivity index is 2.22. The maximum Gasteiger partial charge on any atom is 0.320 e. The minimum absolute atomic E-state index is 0.142. The number of esters is 1. The Kier molecular flexibility index (Phi) is 6.20. The molecule has 0 radical (unpaired) electrons. The van der Waals surface area contributed by atoms with Gasteiger partial charge in [-0.2, -0.15) is 0 Å². The average molecular weight is 274 g/mol. The van der Waals surface area contributed by atoms with Crippen LogP contribution >= 0.6 is 0 Å². The van der Waals surface area contributed by atoms with E-state index in [1.54, 1.807) is 13.8 Å². The summed E-state index contributed by atoms with van der Waals surface area (Å²) in [5, 5.41) is 11.4. The molecular weight excluding hydrogens is 252 g/mol. The lowest BCUT2D eigenvalue weighted by molar-refractivity contribution is -0.147. The number of aliphatic carboxylic acids is 1. The quantitative estimate of drug-likeness (QED) is 0.594. The van der Waals surface area contributed by atoms with Gasteiger partial charge >= 0.3 is 11.9 Å². The molecule has 7 nitrogen and oxygen atoms in total. The first-order valence-corrected chi connectivity index (χ1v) is 6.31. The van der Waals surface area contributed by atoms with Crippen LogP contribution in [0, 0.1) is 0 Å². The molecule has 0 bridgehead atoms. The third-order valence-corrected chi connectivity index (χ3v) is 2.77. The number of hydrogen-bond acceptors (Lipinski definition) is 6. The van der Waals surface area contributed by atoms with Crippen LogP contribution in [-0.4, -0.2) is 73.5 Å². The molecular formula is C12H22N2O5. The van der Waals surface area contributed by atoms with E-state index in [0.29, 0.717) is 13.2 Å². The summed E-state index contributed by atoms with van der Waals surface area (Å²) >= 11 is 0. The minimum atomic E-state index is -0.937. The van der Waals surface area contributed by atoms with E-state index < -0.39 is 11.5 Å². The predicted molar refractivity (Wildman–Crippen MR) is 67.9 cm³/mol. The highest BCUT2D eigenvalue weighted by Gasteiger charge is 2.22. The molecule has 0 unspecified atom stereocenters. The first-order valence-electron chi connectivity index (χ1n) is 6.31. The van der Waals surface area contributed by atoms with Crippen molar-refractivity contribution in [2.24, 2.45) is 0 Å². The van der Waals surface area contributed by atoms with E-state index >= 15 is 0 Å². The number of carboxylic acids is 1. The van der Waals surface area contributed by atoms with Crippen LogP contribution in [0.4, 0.5) is 0 Å². The van der Waals surface area contributed by atoms with Gasteiger partial charge in [-0.05, 0) is 13.8 Å². The Bertz CT molecular complexity index is 313. The third kappa shape index (κ3) is 7.09. The van der Waals surface area contributed by atoms with E-state index in [4.69, 9.17) is 14.6 Å². The zero-order chi connectivity index (χ0) is 14.3. The number of hydrogen-bond donors (Lipinski definition) is 2. The van der Waals surface area contributed by atoms with Gasteiger partial charge in [-0.15, -0.1) is 0 Å². The number of rotatable bonds is 7. The monoisotopic (exact) mass is 274 g/mol. The van der Waals surface area contributed by atoms with Crippen LogP contribution < -0.4 is 5.32 Å². The molecule has 1 aliphatic heterocycles. The van der Waals surface area contributed by atoms with Crippen molar-refractivity contribution >= 4 is 11.9 Å². The van der Waals surface area contributed by atoms with Crippen molar-refractivity contribution in [2.75, 3.05) is 46.0 Å². The van der Waals surface area contributed by atoms with E-state index in [9.17, 15) is 9.59 Å². The molecule has 0 aromatic heterocycles. The lowest BCUT2D eigenvalue weighted by Crippen LogP contribution is -2.47. The summed E-state index contributed by atoms with van der Waals surface area (Å²) in [5.74, 6) is -1.24. The number of ether oxygens (including phenoxy) is 2. The molecule has 0 saturated carbocycles. The largest absolute Gasteiger partial charge is 0.480 e. The Labute approximate surface area is 112 Å². The number of carbonyl (C=O) groups is 2. The summed E-state index contributed by atoms with van der Waals surface area (Å²) in [7, 11) is 0. The molecule has 0 aromatic carbocycles. The lowest BCUT2D eigenvalue weighted by atomic mass is 10.1. The maximum atomic E-state index is 11.6. The second-order valence-corrected chi connectivity index (χ2v) is 5.18. The van der Waals surface area contributed by atoms with Crippen LogP contribution in [0.5, 0.6) is 0 Å². The van der Waals surface area contributed by atoms with Gasteiger partial charge in [0.25, 0.3) is 0 Å². The van der Waals surface area contributed by atoms with Crippen molar-refractivity contribution in [3.05, 3.63) is 0 Å². The van der Waals surface area contributed by atoms with Crippen molar-refractivity contribution in [1.29, 1.82) is 0 Å². The van der Waals surface area contributed by atoms with E-state index in [1.807, 2.05) is 4.90 Å². The highest BCUT2D eigenvalue weighted by Crippen LogP contribution is 2.03. The molecule has 0 aliphatic carbocycles. The molecule has 19 heavy (non-hydrogen) atoms.